The van der Waals surface area contributed by atoms with Crippen molar-refractivity contribution in [1.29, 1.82) is 0 Å². The molecule has 7 heteroatoms. The van der Waals surface area contributed by atoms with Gasteiger partial charge in [0, 0.05) is 57.0 Å². The van der Waals surface area contributed by atoms with Crippen molar-refractivity contribution in [2.75, 3.05) is 13.1 Å². The molecule has 0 radical (unpaired) electrons. The number of nitrogens with one attached hydrogen (secondary N) is 1. The van der Waals surface area contributed by atoms with E-state index in [1.807, 2.05) is 18.5 Å². The molecule has 4 rings (SSSR count). The van der Waals surface area contributed by atoms with Crippen molar-refractivity contribution in [2.24, 2.45) is 11.8 Å². The molecule has 1 amide bonds. The highest BCUT2D eigenvalue weighted by atomic mass is 35.5. The fourth-order valence-electron chi connectivity index (χ4n) is 4.33. The van der Waals surface area contributed by atoms with Crippen molar-refractivity contribution in [3.63, 3.8) is 0 Å². The summed E-state index contributed by atoms with van der Waals surface area (Å²) < 4.78 is 5.06. The van der Waals surface area contributed by atoms with Gasteiger partial charge in [-0.1, -0.05) is 22.8 Å². The van der Waals surface area contributed by atoms with Crippen LogP contribution in [-0.4, -0.2) is 40.1 Å². The monoisotopic (exact) mass is 374 g/mol. The van der Waals surface area contributed by atoms with Crippen LogP contribution in [0.25, 0.3) is 0 Å². The summed E-state index contributed by atoms with van der Waals surface area (Å²) >= 11 is 5.74. The lowest BCUT2D eigenvalue weighted by atomic mass is 9.91. The molecule has 2 aliphatic rings. The Morgan fingerprint density at radius 2 is 2.15 bits per heavy atom. The smallest absolute Gasteiger partial charge is 0.220 e. The molecule has 1 saturated carbocycles. The van der Waals surface area contributed by atoms with E-state index in [0.717, 1.165) is 19.6 Å². The van der Waals surface area contributed by atoms with Crippen LogP contribution in [0.3, 0.4) is 0 Å². The predicted molar refractivity (Wildman–Crippen MR) is 97.5 cm³/mol. The summed E-state index contributed by atoms with van der Waals surface area (Å²) in [6.07, 6.45) is 7.06. The molecule has 1 aliphatic heterocycles. The van der Waals surface area contributed by atoms with Gasteiger partial charge in [0.05, 0.1) is 0 Å². The van der Waals surface area contributed by atoms with Crippen molar-refractivity contribution in [1.82, 2.24) is 20.4 Å². The van der Waals surface area contributed by atoms with Gasteiger partial charge in [0.1, 0.15) is 5.76 Å². The molecular weight excluding hydrogens is 352 g/mol. The third-order valence-electron chi connectivity index (χ3n) is 5.49. The molecule has 1 unspecified atom stereocenters. The first-order chi connectivity index (χ1) is 12.7. The normalized spacial score (nSPS) is 25.3. The highest BCUT2D eigenvalue weighted by Gasteiger charge is 2.42. The van der Waals surface area contributed by atoms with Crippen LogP contribution in [0.5, 0.6) is 0 Å². The third kappa shape index (κ3) is 4.07. The number of fused-ring (bicyclic) bond motifs is 2. The fraction of sp³-hybridized carbons (Fsp3) is 0.526. The number of halogens is 1. The largest absolute Gasteiger partial charge is 0.360 e. The molecule has 3 heterocycles. The Bertz CT molecular complexity index is 737. The van der Waals surface area contributed by atoms with Crippen LogP contribution in [0.1, 0.15) is 30.6 Å². The standard InChI is InChI=1S/C19H23ClN4O2/c20-17-8-16(26-23-17)5-6-18(25)22-19-14-3-4-15(19)12-24(11-14)10-13-2-1-7-21-9-13/h1-2,7-9,14-15,19H,3-6,10-12H2,(H,22,25)/t14-,15+,19?. The Morgan fingerprint density at radius 3 is 2.81 bits per heavy atom. The first-order valence-corrected chi connectivity index (χ1v) is 9.57. The number of aryl methyl sites for hydroxylation is 1. The molecule has 2 bridgehead atoms. The van der Waals surface area contributed by atoms with Crippen LogP contribution in [0, 0.1) is 11.8 Å². The summed E-state index contributed by atoms with van der Waals surface area (Å²) in [5.74, 6) is 1.81. The summed E-state index contributed by atoms with van der Waals surface area (Å²) in [5, 5.41) is 7.24. The SMILES string of the molecule is O=C(CCc1cc(Cl)no1)NC1[C@@H]2CC[C@H]1CN(Cc1cccnc1)C2. The van der Waals surface area contributed by atoms with E-state index in [-0.39, 0.29) is 5.91 Å². The number of hydrogen-bond acceptors (Lipinski definition) is 5. The topological polar surface area (TPSA) is 71.3 Å². The minimum Gasteiger partial charge on any atom is -0.360 e. The third-order valence-corrected chi connectivity index (χ3v) is 5.67. The number of carbonyl (C=O) groups is 1. The van der Waals surface area contributed by atoms with Gasteiger partial charge < -0.3 is 9.84 Å². The maximum Gasteiger partial charge on any atom is 0.220 e. The molecule has 2 aromatic heterocycles. The lowest BCUT2D eigenvalue weighted by molar-refractivity contribution is -0.122. The van der Waals surface area contributed by atoms with Gasteiger partial charge in [-0.05, 0) is 36.3 Å². The van der Waals surface area contributed by atoms with Gasteiger partial charge in [0.15, 0.2) is 5.15 Å². The fourth-order valence-corrected chi connectivity index (χ4v) is 4.49. The number of piperidine rings is 1. The van der Waals surface area contributed by atoms with Crippen LogP contribution in [0.15, 0.2) is 35.1 Å². The van der Waals surface area contributed by atoms with Gasteiger partial charge >= 0.3 is 0 Å². The summed E-state index contributed by atoms with van der Waals surface area (Å²) in [7, 11) is 0. The Kier molecular flexibility index (Phi) is 5.22. The summed E-state index contributed by atoms with van der Waals surface area (Å²) in [5.41, 5.74) is 1.25. The van der Waals surface area contributed by atoms with Gasteiger partial charge in [0.2, 0.25) is 5.91 Å². The molecule has 1 saturated heterocycles. The minimum absolute atomic E-state index is 0.0835. The highest BCUT2D eigenvalue weighted by molar-refractivity contribution is 6.29. The number of nitrogens with zero attached hydrogens (tertiary/aromatic N) is 3. The van der Waals surface area contributed by atoms with E-state index in [4.69, 9.17) is 16.1 Å². The van der Waals surface area contributed by atoms with Crippen LogP contribution < -0.4 is 5.32 Å². The highest BCUT2D eigenvalue weighted by Crippen LogP contribution is 2.37. The van der Waals surface area contributed by atoms with E-state index in [1.54, 1.807) is 6.07 Å². The zero-order valence-corrected chi connectivity index (χ0v) is 15.4. The molecule has 138 valence electrons. The molecule has 1 aliphatic carbocycles. The van der Waals surface area contributed by atoms with Crippen LogP contribution in [0.4, 0.5) is 0 Å². The summed E-state index contributed by atoms with van der Waals surface area (Å²) in [4.78, 5) is 19.1. The van der Waals surface area contributed by atoms with Gasteiger partial charge in [-0.2, -0.15) is 0 Å². The van der Waals surface area contributed by atoms with E-state index in [9.17, 15) is 4.79 Å². The van der Waals surface area contributed by atoms with Crippen molar-refractivity contribution in [3.8, 4) is 0 Å². The first kappa shape index (κ1) is 17.5. The van der Waals surface area contributed by atoms with Gasteiger partial charge in [-0.3, -0.25) is 14.7 Å². The number of pyridine rings is 1. The molecule has 2 fully saturated rings. The van der Waals surface area contributed by atoms with Crippen molar-refractivity contribution in [3.05, 3.63) is 47.1 Å². The molecule has 2 aromatic rings. The average Bonchev–Trinajstić information content (AvgIpc) is 3.14. The van der Waals surface area contributed by atoms with E-state index in [1.165, 1.54) is 18.4 Å². The van der Waals surface area contributed by atoms with Crippen molar-refractivity contribution in [2.45, 2.75) is 38.3 Å². The van der Waals surface area contributed by atoms with E-state index in [2.05, 4.69) is 26.4 Å². The first-order valence-electron chi connectivity index (χ1n) is 9.19. The molecule has 3 atom stereocenters. The quantitative estimate of drug-likeness (QED) is 0.841. The number of hydrogen-bond donors (Lipinski definition) is 1. The Hall–Kier alpha value is -1.92. The second-order valence-electron chi connectivity index (χ2n) is 7.36. The lowest BCUT2D eigenvalue weighted by Crippen LogP contribution is -2.52. The molecule has 0 spiro atoms. The number of rotatable bonds is 6. The average molecular weight is 375 g/mol. The van der Waals surface area contributed by atoms with E-state index in [0.29, 0.717) is 41.6 Å². The summed E-state index contributed by atoms with van der Waals surface area (Å²) in [6.45, 7) is 3.01. The van der Waals surface area contributed by atoms with E-state index >= 15 is 0 Å². The van der Waals surface area contributed by atoms with Gasteiger partial charge in [-0.15, -0.1) is 0 Å². The lowest BCUT2D eigenvalue weighted by Gasteiger charge is -2.38. The van der Waals surface area contributed by atoms with Crippen LogP contribution in [-0.2, 0) is 17.8 Å². The van der Waals surface area contributed by atoms with Crippen LogP contribution in [0.2, 0.25) is 5.15 Å². The van der Waals surface area contributed by atoms with Crippen LogP contribution >= 0.6 is 11.6 Å². The second kappa shape index (κ2) is 7.76. The number of aromatic nitrogens is 2. The second-order valence-corrected chi connectivity index (χ2v) is 7.75. The predicted octanol–water partition coefficient (Wildman–Crippen LogP) is 2.68. The van der Waals surface area contributed by atoms with Gasteiger partial charge in [0.25, 0.3) is 0 Å². The number of carbonyl (C=O) groups excluding carboxylic acids is 1. The molecule has 26 heavy (non-hydrogen) atoms. The number of likely N-dealkylation sites (tertiary alicyclic amines) is 1. The van der Waals surface area contributed by atoms with E-state index < -0.39 is 0 Å². The molecule has 1 N–H and O–H groups in total. The minimum atomic E-state index is 0.0835. The maximum absolute atomic E-state index is 12.4. The summed E-state index contributed by atoms with van der Waals surface area (Å²) in [6, 6.07) is 6.07. The zero-order valence-electron chi connectivity index (χ0n) is 14.6. The van der Waals surface area contributed by atoms with Crippen molar-refractivity contribution < 1.29 is 9.32 Å². The van der Waals surface area contributed by atoms with Gasteiger partial charge in [-0.25, -0.2) is 0 Å². The molecular formula is C19H23ClN4O2. The Balaban J connectivity index is 1.28. The maximum atomic E-state index is 12.4. The molecule has 6 nitrogen and oxygen atoms in total. The number of amides is 1. The Labute approximate surface area is 157 Å². The Morgan fingerprint density at radius 1 is 1.35 bits per heavy atom. The van der Waals surface area contributed by atoms with Crippen molar-refractivity contribution >= 4 is 17.5 Å². The molecule has 0 aromatic carbocycles. The zero-order chi connectivity index (χ0) is 17.9.